The van der Waals surface area contributed by atoms with Gasteiger partial charge in [-0.2, -0.15) is 4.31 Å². The highest BCUT2D eigenvalue weighted by molar-refractivity contribution is 7.89. The Balaban J connectivity index is 2.21. The third-order valence-electron chi connectivity index (χ3n) is 3.78. The Labute approximate surface area is 120 Å². The lowest BCUT2D eigenvalue weighted by Gasteiger charge is -2.17. The molecule has 1 aromatic carbocycles. The fourth-order valence-corrected chi connectivity index (χ4v) is 4.25. The van der Waals surface area contributed by atoms with E-state index in [0.717, 1.165) is 19.3 Å². The second-order valence-corrected chi connectivity index (χ2v) is 7.15. The van der Waals surface area contributed by atoms with Gasteiger partial charge in [-0.3, -0.25) is 0 Å². The fraction of sp³-hybridized carbons (Fsp3) is 0.571. The van der Waals surface area contributed by atoms with E-state index < -0.39 is 10.0 Å². The minimum atomic E-state index is -3.44. The minimum Gasteiger partial charge on any atom is -0.495 e. The van der Waals surface area contributed by atoms with Gasteiger partial charge in [-0.25, -0.2) is 8.42 Å². The van der Waals surface area contributed by atoms with E-state index in [-0.39, 0.29) is 4.90 Å². The van der Waals surface area contributed by atoms with Gasteiger partial charge in [0.2, 0.25) is 10.0 Å². The molecule has 1 aromatic rings. The van der Waals surface area contributed by atoms with Crippen LogP contribution >= 0.6 is 0 Å². The number of nitrogens with zero attached hydrogens (tertiary/aromatic N) is 1. The number of nitrogen functional groups attached to an aromatic ring is 1. The maximum absolute atomic E-state index is 12.6. The lowest BCUT2D eigenvalue weighted by atomic mass is 10.0. The number of anilines is 1. The summed E-state index contributed by atoms with van der Waals surface area (Å²) in [7, 11) is -1.93. The average molecular weight is 298 g/mol. The summed E-state index contributed by atoms with van der Waals surface area (Å²) in [5.74, 6) is 0.972. The van der Waals surface area contributed by atoms with Crippen molar-refractivity contribution in [1.29, 1.82) is 0 Å². The van der Waals surface area contributed by atoms with E-state index in [1.807, 2.05) is 0 Å². The predicted molar refractivity (Wildman–Crippen MR) is 79.2 cm³/mol. The summed E-state index contributed by atoms with van der Waals surface area (Å²) in [6.07, 6.45) is 3.11. The minimum absolute atomic E-state index is 0.243. The number of hydrogen-bond acceptors (Lipinski definition) is 4. The molecule has 2 N–H and O–H groups in total. The van der Waals surface area contributed by atoms with Crippen molar-refractivity contribution in [2.45, 2.75) is 31.1 Å². The number of hydrogen-bond donors (Lipinski definition) is 1. The van der Waals surface area contributed by atoms with Gasteiger partial charge in [0.25, 0.3) is 0 Å². The molecule has 1 aliphatic rings. The lowest BCUT2D eigenvalue weighted by molar-refractivity contribution is 0.416. The molecule has 2 rings (SSSR count). The van der Waals surface area contributed by atoms with Gasteiger partial charge in [0.05, 0.1) is 17.7 Å². The molecule has 0 amide bonds. The molecule has 112 valence electrons. The van der Waals surface area contributed by atoms with Crippen molar-refractivity contribution < 1.29 is 13.2 Å². The predicted octanol–water partition coefficient (Wildman–Crippen LogP) is 2.09. The summed E-state index contributed by atoms with van der Waals surface area (Å²) in [6.45, 7) is 3.34. The molecule has 0 bridgehead atoms. The zero-order valence-corrected chi connectivity index (χ0v) is 12.8. The molecule has 1 fully saturated rings. The Kier molecular flexibility index (Phi) is 4.55. The van der Waals surface area contributed by atoms with Crippen molar-refractivity contribution in [1.82, 2.24) is 4.31 Å². The van der Waals surface area contributed by atoms with Gasteiger partial charge in [-0.15, -0.1) is 0 Å². The molecule has 5 nitrogen and oxygen atoms in total. The van der Waals surface area contributed by atoms with Crippen molar-refractivity contribution in [3.63, 3.8) is 0 Å². The van der Waals surface area contributed by atoms with Crippen molar-refractivity contribution in [2.24, 2.45) is 5.92 Å². The van der Waals surface area contributed by atoms with Crippen LogP contribution in [0.25, 0.3) is 0 Å². The Morgan fingerprint density at radius 2 is 2.20 bits per heavy atom. The van der Waals surface area contributed by atoms with Gasteiger partial charge in [0.1, 0.15) is 5.75 Å². The maximum Gasteiger partial charge on any atom is 0.243 e. The van der Waals surface area contributed by atoms with Crippen LogP contribution in [0.5, 0.6) is 5.75 Å². The van der Waals surface area contributed by atoms with Gasteiger partial charge >= 0.3 is 0 Å². The highest BCUT2D eigenvalue weighted by Gasteiger charge is 2.32. The first-order chi connectivity index (χ1) is 9.48. The molecule has 20 heavy (non-hydrogen) atoms. The van der Waals surface area contributed by atoms with Gasteiger partial charge in [-0.1, -0.05) is 13.3 Å². The zero-order valence-electron chi connectivity index (χ0n) is 12.0. The SMILES string of the molecule is CCCC1CCN(S(=O)(=O)c2ccc(OC)c(N)c2)C1. The summed E-state index contributed by atoms with van der Waals surface area (Å²) in [5, 5.41) is 0. The smallest absolute Gasteiger partial charge is 0.243 e. The largest absolute Gasteiger partial charge is 0.495 e. The first-order valence-corrected chi connectivity index (χ1v) is 8.36. The number of methoxy groups -OCH3 is 1. The van der Waals surface area contributed by atoms with E-state index in [1.165, 1.54) is 13.2 Å². The van der Waals surface area contributed by atoms with E-state index in [1.54, 1.807) is 16.4 Å². The van der Waals surface area contributed by atoms with Gasteiger partial charge < -0.3 is 10.5 Å². The molecular weight excluding hydrogens is 276 g/mol. The van der Waals surface area contributed by atoms with Crippen molar-refractivity contribution in [3.05, 3.63) is 18.2 Å². The Bertz CT molecular complexity index is 572. The molecule has 1 unspecified atom stereocenters. The second kappa shape index (κ2) is 6.01. The van der Waals surface area contributed by atoms with Crippen LogP contribution < -0.4 is 10.5 Å². The number of ether oxygens (including phenoxy) is 1. The second-order valence-electron chi connectivity index (χ2n) is 5.21. The van der Waals surface area contributed by atoms with Crippen LogP contribution in [-0.2, 0) is 10.0 Å². The van der Waals surface area contributed by atoms with E-state index in [4.69, 9.17) is 10.5 Å². The van der Waals surface area contributed by atoms with Gasteiger partial charge in [-0.05, 0) is 37.0 Å². The zero-order chi connectivity index (χ0) is 14.8. The van der Waals surface area contributed by atoms with Gasteiger partial charge in [0, 0.05) is 13.1 Å². The molecule has 0 radical (unpaired) electrons. The monoisotopic (exact) mass is 298 g/mol. The molecule has 1 atom stereocenters. The summed E-state index contributed by atoms with van der Waals surface area (Å²) in [4.78, 5) is 0.243. The van der Waals surface area contributed by atoms with E-state index in [2.05, 4.69) is 6.92 Å². The summed E-state index contributed by atoms with van der Waals surface area (Å²) >= 11 is 0. The number of sulfonamides is 1. The first kappa shape index (κ1) is 15.1. The van der Waals surface area contributed by atoms with Crippen molar-refractivity contribution >= 4 is 15.7 Å². The van der Waals surface area contributed by atoms with Gasteiger partial charge in [0.15, 0.2) is 0 Å². The summed E-state index contributed by atoms with van der Waals surface area (Å²) in [6, 6.07) is 4.63. The van der Waals surface area contributed by atoms with Crippen molar-refractivity contribution in [2.75, 3.05) is 25.9 Å². The third-order valence-corrected chi connectivity index (χ3v) is 5.65. The Morgan fingerprint density at radius 1 is 1.45 bits per heavy atom. The third kappa shape index (κ3) is 2.91. The van der Waals surface area contributed by atoms with Crippen LogP contribution in [-0.4, -0.2) is 32.9 Å². The Morgan fingerprint density at radius 3 is 2.80 bits per heavy atom. The molecule has 6 heteroatoms. The van der Waals surface area contributed by atoms with E-state index in [9.17, 15) is 8.42 Å². The number of benzene rings is 1. The quantitative estimate of drug-likeness (QED) is 0.845. The van der Waals surface area contributed by atoms with Crippen LogP contribution in [0, 0.1) is 5.92 Å². The van der Waals surface area contributed by atoms with Crippen LogP contribution in [0.3, 0.4) is 0 Å². The lowest BCUT2D eigenvalue weighted by Crippen LogP contribution is -2.29. The average Bonchev–Trinajstić information content (AvgIpc) is 2.88. The van der Waals surface area contributed by atoms with Crippen LogP contribution in [0.15, 0.2) is 23.1 Å². The normalized spacial score (nSPS) is 20.2. The first-order valence-electron chi connectivity index (χ1n) is 6.92. The highest BCUT2D eigenvalue weighted by Crippen LogP contribution is 2.30. The van der Waals surface area contributed by atoms with Crippen LogP contribution in [0.2, 0.25) is 0 Å². The van der Waals surface area contributed by atoms with E-state index in [0.29, 0.717) is 30.4 Å². The standard InChI is InChI=1S/C14H22N2O3S/c1-3-4-11-7-8-16(10-11)20(17,18)12-5-6-14(19-2)13(15)9-12/h5-6,9,11H,3-4,7-8,10,15H2,1-2H3. The molecule has 1 heterocycles. The van der Waals surface area contributed by atoms with Crippen molar-refractivity contribution in [3.8, 4) is 5.75 Å². The molecule has 1 saturated heterocycles. The number of nitrogens with two attached hydrogens (primary N) is 1. The van der Waals surface area contributed by atoms with E-state index >= 15 is 0 Å². The number of rotatable bonds is 5. The topological polar surface area (TPSA) is 72.6 Å². The summed E-state index contributed by atoms with van der Waals surface area (Å²) in [5.41, 5.74) is 6.14. The molecular formula is C14H22N2O3S. The maximum atomic E-state index is 12.6. The molecule has 0 saturated carbocycles. The molecule has 0 aromatic heterocycles. The summed E-state index contributed by atoms with van der Waals surface area (Å²) < 4.78 is 31.7. The van der Waals surface area contributed by atoms with Crippen LogP contribution in [0.4, 0.5) is 5.69 Å². The molecule has 1 aliphatic heterocycles. The fourth-order valence-electron chi connectivity index (χ4n) is 2.68. The van der Waals surface area contributed by atoms with Crippen LogP contribution in [0.1, 0.15) is 26.2 Å². The highest BCUT2D eigenvalue weighted by atomic mass is 32.2. The Hall–Kier alpha value is -1.27. The molecule has 0 aliphatic carbocycles. The molecule has 0 spiro atoms.